The van der Waals surface area contributed by atoms with E-state index in [0.717, 1.165) is 22.4 Å². The summed E-state index contributed by atoms with van der Waals surface area (Å²) in [4.78, 5) is 24.6. The van der Waals surface area contributed by atoms with Crippen molar-refractivity contribution < 1.29 is 14.0 Å². The minimum Gasteiger partial charge on any atom is -0.350 e. The lowest BCUT2D eigenvalue weighted by atomic mass is 10.1. The monoisotopic (exact) mass is 442 g/mol. The molecule has 0 bridgehead atoms. The summed E-state index contributed by atoms with van der Waals surface area (Å²) in [5.74, 6) is -0.970. The Morgan fingerprint density at radius 3 is 2.30 bits per heavy atom. The molecule has 0 saturated heterocycles. The molecule has 2 N–H and O–H groups in total. The molecule has 4 rings (SSSR count). The second-order valence-corrected chi connectivity index (χ2v) is 7.62. The Bertz CT molecular complexity index is 1250. The largest absolute Gasteiger partial charge is 0.350 e. The van der Waals surface area contributed by atoms with Gasteiger partial charge in [-0.3, -0.25) is 9.59 Å². The van der Waals surface area contributed by atoms with Gasteiger partial charge in [0.25, 0.3) is 5.91 Å². The number of carbonyl (C=O) groups excluding carboxylic acids is 2. The quantitative estimate of drug-likeness (QED) is 0.454. The molecule has 6 nitrogen and oxygen atoms in total. The molecule has 4 aromatic rings. The van der Waals surface area contributed by atoms with Crippen molar-refractivity contribution in [2.75, 3.05) is 6.54 Å². The number of halogens is 1. The number of para-hydroxylation sites is 1. The maximum Gasteiger partial charge on any atom is 0.251 e. The summed E-state index contributed by atoms with van der Waals surface area (Å²) < 4.78 is 15.1. The summed E-state index contributed by atoms with van der Waals surface area (Å²) in [7, 11) is 0. The van der Waals surface area contributed by atoms with Crippen LogP contribution in [0.3, 0.4) is 0 Å². The number of rotatable bonds is 7. The third-order valence-corrected chi connectivity index (χ3v) is 5.13. The number of aryl methyl sites for hydroxylation is 1. The van der Waals surface area contributed by atoms with Crippen LogP contribution in [0.15, 0.2) is 85.1 Å². The summed E-state index contributed by atoms with van der Waals surface area (Å²) >= 11 is 0. The lowest BCUT2D eigenvalue weighted by Crippen LogP contribution is -2.36. The number of aromatic nitrogens is 2. The van der Waals surface area contributed by atoms with E-state index in [0.29, 0.717) is 11.3 Å². The van der Waals surface area contributed by atoms with E-state index in [9.17, 15) is 14.0 Å². The molecule has 0 spiro atoms. The molecular formula is C26H23FN4O2. The molecule has 7 heteroatoms. The maximum atomic E-state index is 13.4. The predicted molar refractivity (Wildman–Crippen MR) is 124 cm³/mol. The minimum absolute atomic E-state index is 0.147. The van der Waals surface area contributed by atoms with Gasteiger partial charge in [-0.1, -0.05) is 35.9 Å². The van der Waals surface area contributed by atoms with Crippen LogP contribution in [0.25, 0.3) is 16.9 Å². The summed E-state index contributed by atoms with van der Waals surface area (Å²) in [6.45, 7) is 2.00. The third-order valence-electron chi connectivity index (χ3n) is 5.13. The molecule has 2 amide bonds. The van der Waals surface area contributed by atoms with Crippen molar-refractivity contribution in [2.45, 2.75) is 13.5 Å². The fourth-order valence-corrected chi connectivity index (χ4v) is 3.33. The van der Waals surface area contributed by atoms with Crippen LogP contribution >= 0.6 is 0 Å². The number of amides is 2. The van der Waals surface area contributed by atoms with Crippen LogP contribution in [0.5, 0.6) is 0 Å². The number of hydrogen-bond acceptors (Lipinski definition) is 3. The summed E-state index contributed by atoms with van der Waals surface area (Å²) in [5, 5.41) is 10.1. The normalized spacial score (nSPS) is 10.6. The zero-order chi connectivity index (χ0) is 23.2. The van der Waals surface area contributed by atoms with Crippen molar-refractivity contribution in [3.63, 3.8) is 0 Å². The van der Waals surface area contributed by atoms with Crippen LogP contribution in [0, 0.1) is 12.7 Å². The van der Waals surface area contributed by atoms with E-state index < -0.39 is 0 Å². The van der Waals surface area contributed by atoms with Crippen LogP contribution in [0.1, 0.15) is 21.5 Å². The van der Waals surface area contributed by atoms with Crippen molar-refractivity contribution in [3.8, 4) is 16.9 Å². The van der Waals surface area contributed by atoms with Gasteiger partial charge in [0.05, 0.1) is 17.9 Å². The average Bonchev–Trinajstić information content (AvgIpc) is 3.27. The number of nitrogens with zero attached hydrogens (tertiary/aromatic N) is 2. The van der Waals surface area contributed by atoms with E-state index in [1.54, 1.807) is 28.9 Å². The smallest absolute Gasteiger partial charge is 0.251 e. The van der Waals surface area contributed by atoms with Crippen LogP contribution in [-0.4, -0.2) is 28.1 Å². The Morgan fingerprint density at radius 2 is 1.61 bits per heavy atom. The first-order chi connectivity index (χ1) is 16.0. The molecule has 166 valence electrons. The Kier molecular flexibility index (Phi) is 6.59. The zero-order valence-electron chi connectivity index (χ0n) is 18.1. The van der Waals surface area contributed by atoms with Gasteiger partial charge in [-0.05, 0) is 55.5 Å². The molecule has 1 aromatic heterocycles. The first-order valence-electron chi connectivity index (χ1n) is 10.5. The molecule has 0 saturated carbocycles. The Labute approximate surface area is 191 Å². The fraction of sp³-hybridized carbons (Fsp3) is 0.115. The molecule has 0 unspecified atom stereocenters. The minimum atomic E-state index is -0.333. The predicted octanol–water partition coefficient (Wildman–Crippen LogP) is 4.03. The highest BCUT2D eigenvalue weighted by atomic mass is 19.1. The van der Waals surface area contributed by atoms with Gasteiger partial charge in [-0.25, -0.2) is 9.07 Å². The first kappa shape index (κ1) is 22.0. The molecule has 0 aliphatic carbocycles. The number of benzene rings is 3. The van der Waals surface area contributed by atoms with Gasteiger partial charge < -0.3 is 10.6 Å². The van der Waals surface area contributed by atoms with E-state index in [1.165, 1.54) is 12.1 Å². The second kappa shape index (κ2) is 9.91. The molecule has 0 radical (unpaired) electrons. The van der Waals surface area contributed by atoms with E-state index in [4.69, 9.17) is 0 Å². The lowest BCUT2D eigenvalue weighted by molar-refractivity contribution is -0.120. The van der Waals surface area contributed by atoms with Crippen molar-refractivity contribution in [1.82, 2.24) is 20.4 Å². The molecule has 0 fully saturated rings. The standard InChI is InChI=1S/C26H23FN4O2/c1-18-7-9-20(10-8-18)26(33)29-16-24(32)28-15-21-17-31(23-5-3-2-4-6-23)30-25(21)19-11-13-22(27)14-12-19/h2-14,17H,15-16H2,1H3,(H,28,32)(H,29,33). The van der Waals surface area contributed by atoms with Crippen molar-refractivity contribution >= 4 is 11.8 Å². The van der Waals surface area contributed by atoms with E-state index >= 15 is 0 Å². The highest BCUT2D eigenvalue weighted by molar-refractivity contribution is 5.96. The van der Waals surface area contributed by atoms with Crippen LogP contribution in [0.2, 0.25) is 0 Å². The molecule has 1 heterocycles. The van der Waals surface area contributed by atoms with Crippen LogP contribution in [0.4, 0.5) is 4.39 Å². The van der Waals surface area contributed by atoms with E-state index in [2.05, 4.69) is 15.7 Å². The topological polar surface area (TPSA) is 76.0 Å². The highest BCUT2D eigenvalue weighted by Gasteiger charge is 2.14. The lowest BCUT2D eigenvalue weighted by Gasteiger charge is -2.08. The van der Waals surface area contributed by atoms with E-state index in [1.807, 2.05) is 55.6 Å². The van der Waals surface area contributed by atoms with Gasteiger partial charge in [0.15, 0.2) is 0 Å². The number of carbonyl (C=O) groups is 2. The van der Waals surface area contributed by atoms with Gasteiger partial charge in [0.2, 0.25) is 5.91 Å². The molecular weight excluding hydrogens is 419 g/mol. The van der Waals surface area contributed by atoms with Gasteiger partial charge in [0.1, 0.15) is 5.82 Å². The summed E-state index contributed by atoms with van der Waals surface area (Å²) in [6.07, 6.45) is 1.83. The molecule has 0 aliphatic rings. The van der Waals surface area contributed by atoms with Crippen molar-refractivity contribution in [2.24, 2.45) is 0 Å². The molecule has 0 aliphatic heterocycles. The molecule has 33 heavy (non-hydrogen) atoms. The average molecular weight is 442 g/mol. The summed E-state index contributed by atoms with van der Waals surface area (Å²) in [6, 6.07) is 22.8. The van der Waals surface area contributed by atoms with Crippen molar-refractivity contribution in [3.05, 3.63) is 108 Å². The molecule has 0 atom stereocenters. The first-order valence-corrected chi connectivity index (χ1v) is 10.5. The Morgan fingerprint density at radius 1 is 0.909 bits per heavy atom. The van der Waals surface area contributed by atoms with Gasteiger partial charge in [-0.15, -0.1) is 0 Å². The zero-order valence-corrected chi connectivity index (χ0v) is 18.1. The SMILES string of the molecule is Cc1ccc(C(=O)NCC(=O)NCc2cn(-c3ccccc3)nc2-c2ccc(F)cc2)cc1. The Balaban J connectivity index is 1.45. The van der Waals surface area contributed by atoms with Gasteiger partial charge in [-0.2, -0.15) is 5.10 Å². The fourth-order valence-electron chi connectivity index (χ4n) is 3.33. The second-order valence-electron chi connectivity index (χ2n) is 7.62. The molecule has 3 aromatic carbocycles. The maximum absolute atomic E-state index is 13.4. The van der Waals surface area contributed by atoms with E-state index in [-0.39, 0.29) is 30.7 Å². The number of hydrogen-bond donors (Lipinski definition) is 2. The van der Waals surface area contributed by atoms with Crippen molar-refractivity contribution in [1.29, 1.82) is 0 Å². The van der Waals surface area contributed by atoms with Gasteiger partial charge >= 0.3 is 0 Å². The summed E-state index contributed by atoms with van der Waals surface area (Å²) in [5.41, 5.74) is 4.56. The van der Waals surface area contributed by atoms with Crippen LogP contribution < -0.4 is 10.6 Å². The van der Waals surface area contributed by atoms with Gasteiger partial charge in [0, 0.05) is 29.4 Å². The Hall–Kier alpha value is -4.26. The third kappa shape index (κ3) is 5.51. The number of nitrogens with one attached hydrogen (secondary N) is 2. The van der Waals surface area contributed by atoms with Crippen LogP contribution in [-0.2, 0) is 11.3 Å². The highest BCUT2D eigenvalue weighted by Crippen LogP contribution is 2.24.